The van der Waals surface area contributed by atoms with Gasteiger partial charge in [0.1, 0.15) is 5.82 Å². The second-order valence-electron chi connectivity index (χ2n) is 4.67. The summed E-state index contributed by atoms with van der Waals surface area (Å²) in [6.45, 7) is 5.53. The molecule has 7 heteroatoms. The maximum Gasteiger partial charge on any atom is 0.434 e. The van der Waals surface area contributed by atoms with E-state index < -0.39 is 11.8 Å². The van der Waals surface area contributed by atoms with Crippen LogP contribution in [0.15, 0.2) is 21.3 Å². The summed E-state index contributed by atoms with van der Waals surface area (Å²) in [6, 6.07) is 2.46. The van der Waals surface area contributed by atoms with Crippen LogP contribution < -0.4 is 11.5 Å². The molecule has 0 aliphatic carbocycles. The van der Waals surface area contributed by atoms with Gasteiger partial charge in [-0.2, -0.15) is 0 Å². The summed E-state index contributed by atoms with van der Waals surface area (Å²) in [5.41, 5.74) is 8.35. The van der Waals surface area contributed by atoms with Gasteiger partial charge in [-0.15, -0.1) is 17.5 Å². The molecule has 1 unspecified atom stereocenters. The highest BCUT2D eigenvalue weighted by Crippen LogP contribution is 2.32. The lowest BCUT2D eigenvalue weighted by molar-refractivity contribution is 0.396. The highest BCUT2D eigenvalue weighted by molar-refractivity contribution is 5.85. The number of aromatic nitrogens is 2. The summed E-state index contributed by atoms with van der Waals surface area (Å²) >= 11 is 0. The largest absolute Gasteiger partial charge is 0.434 e. The van der Waals surface area contributed by atoms with E-state index in [0.717, 1.165) is 11.1 Å². The summed E-state index contributed by atoms with van der Waals surface area (Å²) in [4.78, 5) is 10.9. The average molecular weight is 302 g/mol. The fraction of sp³-hybridized carbons (Fsp3) is 0.385. The van der Waals surface area contributed by atoms with Crippen molar-refractivity contribution in [3.8, 4) is 0 Å². The van der Waals surface area contributed by atoms with Crippen molar-refractivity contribution in [2.75, 3.05) is 0 Å². The second kappa shape index (κ2) is 6.19. The lowest BCUT2D eigenvalue weighted by atomic mass is 9.88. The lowest BCUT2D eigenvalue weighted by Crippen LogP contribution is -2.20. The molecular weight excluding hydrogens is 285 g/mol. The Morgan fingerprint density at radius 2 is 2.05 bits per heavy atom. The third-order valence-corrected chi connectivity index (χ3v) is 3.47. The molecular formula is C13H17ClFN3O2. The Labute approximate surface area is 121 Å². The van der Waals surface area contributed by atoms with Gasteiger partial charge in [-0.25, -0.2) is 14.3 Å². The molecule has 0 saturated carbocycles. The molecule has 5 nitrogen and oxygen atoms in total. The molecule has 1 heterocycles. The Morgan fingerprint density at radius 1 is 1.40 bits per heavy atom. The highest BCUT2D eigenvalue weighted by atomic mass is 35.5. The van der Waals surface area contributed by atoms with Gasteiger partial charge in [0.05, 0.1) is 6.04 Å². The van der Waals surface area contributed by atoms with Crippen LogP contribution in [-0.2, 0) is 0 Å². The number of nitrogens with two attached hydrogens (primary N) is 1. The number of nitrogens with zero attached hydrogens (tertiary/aromatic N) is 1. The first-order valence-electron chi connectivity index (χ1n) is 5.98. The van der Waals surface area contributed by atoms with Crippen LogP contribution in [0.5, 0.6) is 0 Å². The molecule has 20 heavy (non-hydrogen) atoms. The van der Waals surface area contributed by atoms with Crippen molar-refractivity contribution >= 4 is 12.4 Å². The van der Waals surface area contributed by atoms with Crippen molar-refractivity contribution in [1.29, 1.82) is 0 Å². The van der Waals surface area contributed by atoms with Gasteiger partial charge in [0, 0.05) is 5.92 Å². The quantitative estimate of drug-likeness (QED) is 0.911. The minimum atomic E-state index is -0.686. The van der Waals surface area contributed by atoms with Crippen LogP contribution in [0.25, 0.3) is 0 Å². The Kier molecular flexibility index (Phi) is 5.08. The SMILES string of the molecule is Cc1ccc(F)c(C(C)[C@H](N)c2n[nH]c(=O)o2)c1C.Cl. The third kappa shape index (κ3) is 2.91. The zero-order chi connectivity index (χ0) is 14.2. The predicted octanol–water partition coefficient (Wildman–Crippen LogP) is 2.34. The third-order valence-electron chi connectivity index (χ3n) is 3.47. The second-order valence-corrected chi connectivity index (χ2v) is 4.67. The van der Waals surface area contributed by atoms with E-state index in [4.69, 9.17) is 10.2 Å². The minimum absolute atomic E-state index is 0. The molecule has 2 atom stereocenters. The zero-order valence-electron chi connectivity index (χ0n) is 11.4. The molecule has 0 saturated heterocycles. The first-order chi connectivity index (χ1) is 8.91. The lowest BCUT2D eigenvalue weighted by Gasteiger charge is -2.20. The molecule has 0 amide bonds. The molecule has 0 radical (unpaired) electrons. The van der Waals surface area contributed by atoms with E-state index in [1.54, 1.807) is 13.0 Å². The number of hydrogen-bond donors (Lipinski definition) is 2. The number of rotatable bonds is 3. The van der Waals surface area contributed by atoms with Crippen molar-refractivity contribution in [2.45, 2.75) is 32.7 Å². The summed E-state index contributed by atoms with van der Waals surface area (Å²) in [5.74, 6) is -1.26. The van der Waals surface area contributed by atoms with Crippen LogP contribution in [-0.4, -0.2) is 10.2 Å². The molecule has 0 aliphatic heterocycles. The van der Waals surface area contributed by atoms with E-state index >= 15 is 0 Å². The molecule has 3 N–H and O–H groups in total. The number of halogens is 2. The van der Waals surface area contributed by atoms with E-state index in [9.17, 15) is 9.18 Å². The topological polar surface area (TPSA) is 84.9 Å². The molecule has 1 aromatic heterocycles. The van der Waals surface area contributed by atoms with Gasteiger partial charge >= 0.3 is 5.76 Å². The number of H-pyrrole nitrogens is 1. The number of aryl methyl sites for hydroxylation is 1. The predicted molar refractivity (Wildman–Crippen MR) is 75.6 cm³/mol. The highest BCUT2D eigenvalue weighted by Gasteiger charge is 2.25. The summed E-state index contributed by atoms with van der Waals surface area (Å²) in [6.07, 6.45) is 0. The van der Waals surface area contributed by atoms with Gasteiger partial charge in [0.25, 0.3) is 0 Å². The van der Waals surface area contributed by atoms with E-state index in [-0.39, 0.29) is 30.0 Å². The minimum Gasteiger partial charge on any atom is -0.391 e. The average Bonchev–Trinajstić information content (AvgIpc) is 2.80. The zero-order valence-corrected chi connectivity index (χ0v) is 12.3. The van der Waals surface area contributed by atoms with Crippen LogP contribution in [0.4, 0.5) is 4.39 Å². The number of nitrogens with one attached hydrogen (secondary N) is 1. The van der Waals surface area contributed by atoms with E-state index in [2.05, 4.69) is 10.2 Å². The van der Waals surface area contributed by atoms with E-state index in [1.807, 2.05) is 13.8 Å². The number of aromatic amines is 1. The molecule has 0 bridgehead atoms. The molecule has 0 spiro atoms. The molecule has 2 aromatic rings. The van der Waals surface area contributed by atoms with Crippen LogP contribution in [0.1, 0.15) is 41.5 Å². The molecule has 0 fully saturated rings. The van der Waals surface area contributed by atoms with Crippen molar-refractivity contribution < 1.29 is 8.81 Å². The maximum absolute atomic E-state index is 14.0. The van der Waals surface area contributed by atoms with Gasteiger partial charge in [-0.05, 0) is 36.6 Å². The van der Waals surface area contributed by atoms with Crippen molar-refractivity contribution in [3.05, 3.63) is 51.1 Å². The van der Waals surface area contributed by atoms with Gasteiger partial charge in [0.15, 0.2) is 0 Å². The Hall–Kier alpha value is -1.66. The Bertz CT molecular complexity index is 653. The van der Waals surface area contributed by atoms with Gasteiger partial charge in [-0.1, -0.05) is 13.0 Å². The fourth-order valence-corrected chi connectivity index (χ4v) is 2.14. The molecule has 0 aliphatic rings. The standard InChI is InChI=1S/C13H16FN3O2.ClH/c1-6-4-5-9(14)10(7(6)2)8(3)11(15)12-16-17-13(18)19-12;/h4-5,8,11H,15H2,1-3H3,(H,17,18);1H/t8?,11-;/m0./s1. The first-order valence-corrected chi connectivity index (χ1v) is 5.98. The number of hydrogen-bond acceptors (Lipinski definition) is 4. The van der Waals surface area contributed by atoms with Crippen LogP contribution in [0.2, 0.25) is 0 Å². The number of benzene rings is 1. The van der Waals surface area contributed by atoms with Crippen LogP contribution in [0, 0.1) is 19.7 Å². The summed E-state index contributed by atoms with van der Waals surface area (Å²) < 4.78 is 18.8. The fourth-order valence-electron chi connectivity index (χ4n) is 2.14. The van der Waals surface area contributed by atoms with E-state index in [0.29, 0.717) is 5.56 Å². The van der Waals surface area contributed by atoms with E-state index in [1.165, 1.54) is 6.07 Å². The van der Waals surface area contributed by atoms with Crippen molar-refractivity contribution in [1.82, 2.24) is 10.2 Å². The normalized spacial score (nSPS) is 13.7. The molecule has 2 rings (SSSR count). The summed E-state index contributed by atoms with van der Waals surface area (Å²) in [7, 11) is 0. The maximum atomic E-state index is 14.0. The van der Waals surface area contributed by atoms with Crippen molar-refractivity contribution in [3.63, 3.8) is 0 Å². The molecule has 1 aromatic carbocycles. The molecule has 110 valence electrons. The monoisotopic (exact) mass is 301 g/mol. The van der Waals surface area contributed by atoms with Gasteiger partial charge < -0.3 is 10.2 Å². The van der Waals surface area contributed by atoms with Crippen LogP contribution >= 0.6 is 12.4 Å². The van der Waals surface area contributed by atoms with Gasteiger partial charge in [0.2, 0.25) is 5.89 Å². The van der Waals surface area contributed by atoms with Gasteiger partial charge in [-0.3, -0.25) is 0 Å². The Morgan fingerprint density at radius 3 is 2.60 bits per heavy atom. The Balaban J connectivity index is 0.00000200. The first kappa shape index (κ1) is 16.4. The smallest absolute Gasteiger partial charge is 0.391 e. The van der Waals surface area contributed by atoms with Crippen LogP contribution in [0.3, 0.4) is 0 Å². The summed E-state index contributed by atoms with van der Waals surface area (Å²) in [5, 5.41) is 5.84. The van der Waals surface area contributed by atoms with Crippen molar-refractivity contribution in [2.24, 2.45) is 5.73 Å².